The first-order valence-corrected chi connectivity index (χ1v) is 8.05. The third-order valence-electron chi connectivity index (χ3n) is 5.15. The SMILES string of the molecule is CCCC1(CCC)CN(CC2CCCC2C(=O)O)C1. The van der Waals surface area contributed by atoms with Crippen LogP contribution in [0.2, 0.25) is 0 Å². The van der Waals surface area contributed by atoms with Crippen molar-refractivity contribution in [3.8, 4) is 0 Å². The van der Waals surface area contributed by atoms with Crippen LogP contribution < -0.4 is 0 Å². The fraction of sp³-hybridized carbons (Fsp3) is 0.938. The number of nitrogens with zero attached hydrogens (tertiary/aromatic N) is 1. The highest BCUT2D eigenvalue weighted by Gasteiger charge is 2.43. The van der Waals surface area contributed by atoms with Gasteiger partial charge in [-0.1, -0.05) is 33.1 Å². The Balaban J connectivity index is 1.81. The lowest BCUT2D eigenvalue weighted by atomic mass is 9.72. The van der Waals surface area contributed by atoms with Crippen molar-refractivity contribution in [2.75, 3.05) is 19.6 Å². The third kappa shape index (κ3) is 3.31. The number of hydrogen-bond donors (Lipinski definition) is 1. The van der Waals surface area contributed by atoms with Gasteiger partial charge in [-0.05, 0) is 37.0 Å². The number of likely N-dealkylation sites (tertiary alicyclic amines) is 1. The number of carboxylic acid groups (broad SMARTS) is 1. The molecule has 1 aliphatic heterocycles. The zero-order chi connectivity index (χ0) is 13.9. The molecule has 19 heavy (non-hydrogen) atoms. The summed E-state index contributed by atoms with van der Waals surface area (Å²) in [4.78, 5) is 13.7. The molecule has 0 aromatic heterocycles. The summed E-state index contributed by atoms with van der Waals surface area (Å²) >= 11 is 0. The lowest BCUT2D eigenvalue weighted by molar-refractivity contribution is -0.143. The van der Waals surface area contributed by atoms with Crippen LogP contribution >= 0.6 is 0 Å². The number of carbonyl (C=O) groups is 1. The summed E-state index contributed by atoms with van der Waals surface area (Å²) < 4.78 is 0. The summed E-state index contributed by atoms with van der Waals surface area (Å²) in [6.45, 7) is 7.98. The van der Waals surface area contributed by atoms with Gasteiger partial charge in [0.1, 0.15) is 0 Å². The lowest BCUT2D eigenvalue weighted by Crippen LogP contribution is -2.57. The maximum Gasteiger partial charge on any atom is 0.306 e. The van der Waals surface area contributed by atoms with E-state index in [0.29, 0.717) is 11.3 Å². The van der Waals surface area contributed by atoms with E-state index in [4.69, 9.17) is 0 Å². The number of aliphatic carboxylic acids is 1. The van der Waals surface area contributed by atoms with Crippen LogP contribution in [0.3, 0.4) is 0 Å². The topological polar surface area (TPSA) is 40.5 Å². The minimum Gasteiger partial charge on any atom is -0.481 e. The molecule has 2 unspecified atom stereocenters. The minimum atomic E-state index is -0.573. The van der Waals surface area contributed by atoms with Gasteiger partial charge >= 0.3 is 5.97 Å². The van der Waals surface area contributed by atoms with Gasteiger partial charge < -0.3 is 10.0 Å². The van der Waals surface area contributed by atoms with E-state index < -0.39 is 5.97 Å². The quantitative estimate of drug-likeness (QED) is 0.768. The van der Waals surface area contributed by atoms with Crippen LogP contribution in [0.25, 0.3) is 0 Å². The largest absolute Gasteiger partial charge is 0.481 e. The van der Waals surface area contributed by atoms with Crippen LogP contribution in [0.5, 0.6) is 0 Å². The minimum absolute atomic E-state index is 0.0765. The second-order valence-electron chi connectivity index (χ2n) is 6.81. The highest BCUT2D eigenvalue weighted by atomic mass is 16.4. The summed E-state index contributed by atoms with van der Waals surface area (Å²) in [6, 6.07) is 0. The molecule has 2 atom stereocenters. The first-order valence-electron chi connectivity index (χ1n) is 8.05. The van der Waals surface area contributed by atoms with Gasteiger partial charge in [-0.25, -0.2) is 0 Å². The molecule has 3 nitrogen and oxygen atoms in total. The van der Waals surface area contributed by atoms with Crippen molar-refractivity contribution in [3.63, 3.8) is 0 Å². The molecule has 0 aromatic carbocycles. The van der Waals surface area contributed by atoms with E-state index in [1.54, 1.807) is 0 Å². The van der Waals surface area contributed by atoms with Gasteiger partial charge in [-0.15, -0.1) is 0 Å². The molecule has 1 aliphatic carbocycles. The van der Waals surface area contributed by atoms with Crippen molar-refractivity contribution in [1.29, 1.82) is 0 Å². The van der Waals surface area contributed by atoms with E-state index in [9.17, 15) is 9.90 Å². The van der Waals surface area contributed by atoms with Gasteiger partial charge in [-0.2, -0.15) is 0 Å². The molecule has 1 heterocycles. The predicted octanol–water partition coefficient (Wildman–Crippen LogP) is 3.39. The van der Waals surface area contributed by atoms with Gasteiger partial charge in [0.25, 0.3) is 0 Å². The predicted molar refractivity (Wildman–Crippen MR) is 77.2 cm³/mol. The van der Waals surface area contributed by atoms with Crippen LogP contribution in [0.4, 0.5) is 0 Å². The van der Waals surface area contributed by atoms with Gasteiger partial charge in [0.2, 0.25) is 0 Å². The lowest BCUT2D eigenvalue weighted by Gasteiger charge is -2.52. The Morgan fingerprint density at radius 2 is 1.84 bits per heavy atom. The van der Waals surface area contributed by atoms with E-state index in [-0.39, 0.29) is 5.92 Å². The number of carboxylic acids is 1. The summed E-state index contributed by atoms with van der Waals surface area (Å²) in [7, 11) is 0. The summed E-state index contributed by atoms with van der Waals surface area (Å²) in [5, 5.41) is 9.24. The summed E-state index contributed by atoms with van der Waals surface area (Å²) in [5.41, 5.74) is 0.556. The Morgan fingerprint density at radius 1 is 1.21 bits per heavy atom. The van der Waals surface area contributed by atoms with Crippen molar-refractivity contribution in [3.05, 3.63) is 0 Å². The molecule has 1 saturated heterocycles. The fourth-order valence-corrected chi connectivity index (χ4v) is 4.45. The standard InChI is InChI=1S/C16H29NO2/c1-3-8-16(9-4-2)11-17(12-16)10-13-6-5-7-14(13)15(18)19/h13-14H,3-12H2,1-2H3,(H,18,19). The average Bonchev–Trinajstić information content (AvgIpc) is 2.75. The molecule has 0 aromatic rings. The van der Waals surface area contributed by atoms with Crippen molar-refractivity contribution in [2.24, 2.45) is 17.3 Å². The Labute approximate surface area is 117 Å². The summed E-state index contributed by atoms with van der Waals surface area (Å²) in [6.07, 6.45) is 8.33. The van der Waals surface area contributed by atoms with Gasteiger partial charge in [0.15, 0.2) is 0 Å². The maximum absolute atomic E-state index is 11.2. The molecule has 2 fully saturated rings. The van der Waals surface area contributed by atoms with Crippen LogP contribution in [0, 0.1) is 17.3 Å². The fourth-order valence-electron chi connectivity index (χ4n) is 4.45. The summed E-state index contributed by atoms with van der Waals surface area (Å²) in [5.74, 6) is -0.248. The zero-order valence-corrected chi connectivity index (χ0v) is 12.5. The van der Waals surface area contributed by atoms with Gasteiger partial charge in [0.05, 0.1) is 5.92 Å². The van der Waals surface area contributed by atoms with E-state index >= 15 is 0 Å². The molecule has 1 N–H and O–H groups in total. The van der Waals surface area contributed by atoms with Crippen LogP contribution in [0.15, 0.2) is 0 Å². The molecular formula is C16H29NO2. The Bertz CT molecular complexity index is 302. The van der Waals surface area contributed by atoms with Crippen LogP contribution in [-0.4, -0.2) is 35.6 Å². The molecule has 0 spiro atoms. The van der Waals surface area contributed by atoms with Crippen molar-refractivity contribution < 1.29 is 9.90 Å². The second kappa shape index (κ2) is 6.25. The number of hydrogen-bond acceptors (Lipinski definition) is 2. The molecule has 3 heteroatoms. The highest BCUT2D eigenvalue weighted by Crippen LogP contribution is 2.42. The third-order valence-corrected chi connectivity index (χ3v) is 5.15. The maximum atomic E-state index is 11.2. The van der Waals surface area contributed by atoms with Gasteiger partial charge in [-0.3, -0.25) is 4.79 Å². The van der Waals surface area contributed by atoms with Crippen molar-refractivity contribution in [1.82, 2.24) is 4.90 Å². The highest BCUT2D eigenvalue weighted by molar-refractivity contribution is 5.70. The Morgan fingerprint density at radius 3 is 2.37 bits per heavy atom. The van der Waals surface area contributed by atoms with E-state index in [1.165, 1.54) is 38.8 Å². The molecule has 0 radical (unpaired) electrons. The van der Waals surface area contributed by atoms with E-state index in [2.05, 4.69) is 18.7 Å². The van der Waals surface area contributed by atoms with Crippen LogP contribution in [0.1, 0.15) is 58.8 Å². The van der Waals surface area contributed by atoms with Crippen molar-refractivity contribution in [2.45, 2.75) is 58.8 Å². The van der Waals surface area contributed by atoms with Crippen LogP contribution in [-0.2, 0) is 4.79 Å². The van der Waals surface area contributed by atoms with Crippen molar-refractivity contribution >= 4 is 5.97 Å². The second-order valence-corrected chi connectivity index (χ2v) is 6.81. The van der Waals surface area contributed by atoms with Gasteiger partial charge in [0, 0.05) is 19.6 Å². The molecule has 2 rings (SSSR count). The first kappa shape index (κ1) is 14.8. The Kier molecular flexibility index (Phi) is 4.88. The molecular weight excluding hydrogens is 238 g/mol. The van der Waals surface area contributed by atoms with E-state index in [0.717, 1.165) is 25.8 Å². The molecule has 1 saturated carbocycles. The monoisotopic (exact) mass is 267 g/mol. The molecule has 2 aliphatic rings. The number of rotatable bonds is 7. The average molecular weight is 267 g/mol. The first-order chi connectivity index (χ1) is 9.10. The Hall–Kier alpha value is -0.570. The smallest absolute Gasteiger partial charge is 0.306 e. The molecule has 110 valence electrons. The molecule has 0 bridgehead atoms. The normalized spacial score (nSPS) is 30.2. The zero-order valence-electron chi connectivity index (χ0n) is 12.5. The van der Waals surface area contributed by atoms with E-state index in [1.807, 2.05) is 0 Å². The molecule has 0 amide bonds.